The third-order valence-corrected chi connectivity index (χ3v) is 4.74. The summed E-state index contributed by atoms with van der Waals surface area (Å²) in [7, 11) is 1.61. The van der Waals surface area contributed by atoms with Crippen molar-refractivity contribution in [1.29, 1.82) is 0 Å². The Bertz CT molecular complexity index is 880. The molecule has 0 unspecified atom stereocenters. The van der Waals surface area contributed by atoms with Gasteiger partial charge in [-0.1, -0.05) is 42.5 Å². The minimum absolute atomic E-state index is 0.302. The molecule has 1 aliphatic heterocycles. The number of para-hydroxylation sites is 2. The Hall–Kier alpha value is -2.86. The van der Waals surface area contributed by atoms with Crippen LogP contribution in [0, 0.1) is 0 Å². The number of hydrogen-bond donors (Lipinski definition) is 1. The Morgan fingerprint density at radius 1 is 1.15 bits per heavy atom. The summed E-state index contributed by atoms with van der Waals surface area (Å²) in [4.78, 5) is 14.6. The first-order chi connectivity index (χ1) is 13.1. The number of hydrogen-bond acceptors (Lipinski definition) is 4. The van der Waals surface area contributed by atoms with Gasteiger partial charge in [0.15, 0.2) is 5.11 Å². The second kappa shape index (κ2) is 8.22. The van der Waals surface area contributed by atoms with Gasteiger partial charge in [0.05, 0.1) is 31.0 Å². The molecular weight excluding hydrogens is 360 g/mol. The fourth-order valence-electron chi connectivity index (χ4n) is 3.22. The Morgan fingerprint density at radius 2 is 1.81 bits per heavy atom. The van der Waals surface area contributed by atoms with E-state index in [4.69, 9.17) is 21.7 Å². The molecule has 0 saturated carbocycles. The van der Waals surface area contributed by atoms with E-state index in [2.05, 4.69) is 5.32 Å². The van der Waals surface area contributed by atoms with E-state index in [9.17, 15) is 4.79 Å². The Balaban J connectivity index is 2.16. The summed E-state index contributed by atoms with van der Waals surface area (Å²) in [5.74, 6) is 0.307. The number of carbonyl (C=O) groups is 1. The van der Waals surface area contributed by atoms with Gasteiger partial charge in [-0.05, 0) is 43.8 Å². The SMILES string of the molecule is CCOC(=O)C1=C(C)N(c2ccccc2OC)C(=S)N[C@H]1c1ccccc1. The number of thiocarbonyl (C=S) groups is 1. The Morgan fingerprint density at radius 3 is 2.48 bits per heavy atom. The lowest BCUT2D eigenvalue weighted by Crippen LogP contribution is -2.48. The number of anilines is 1. The molecule has 0 spiro atoms. The second-order valence-corrected chi connectivity index (χ2v) is 6.41. The summed E-state index contributed by atoms with van der Waals surface area (Å²) in [5, 5.41) is 3.79. The molecule has 5 nitrogen and oxygen atoms in total. The van der Waals surface area contributed by atoms with Crippen LogP contribution in [-0.4, -0.2) is 24.8 Å². The number of allylic oxidation sites excluding steroid dienone is 1. The van der Waals surface area contributed by atoms with Crippen molar-refractivity contribution in [3.63, 3.8) is 0 Å². The quantitative estimate of drug-likeness (QED) is 0.624. The maximum absolute atomic E-state index is 12.8. The molecular formula is C21H22N2O3S. The van der Waals surface area contributed by atoms with Gasteiger partial charge in [-0.15, -0.1) is 0 Å². The molecule has 1 atom stereocenters. The molecule has 0 fully saturated rings. The molecule has 6 heteroatoms. The third kappa shape index (κ3) is 3.66. The van der Waals surface area contributed by atoms with Crippen molar-refractivity contribution in [1.82, 2.24) is 5.32 Å². The molecule has 27 heavy (non-hydrogen) atoms. The van der Waals surface area contributed by atoms with Crippen LogP contribution >= 0.6 is 12.2 Å². The molecule has 0 saturated heterocycles. The van der Waals surface area contributed by atoms with E-state index in [1.165, 1.54) is 0 Å². The highest BCUT2D eigenvalue weighted by Crippen LogP contribution is 2.37. The van der Waals surface area contributed by atoms with Crippen LogP contribution in [0.3, 0.4) is 0 Å². The lowest BCUT2D eigenvalue weighted by Gasteiger charge is -2.38. The average Bonchev–Trinajstić information content (AvgIpc) is 2.68. The minimum Gasteiger partial charge on any atom is -0.495 e. The summed E-state index contributed by atoms with van der Waals surface area (Å²) in [5.41, 5.74) is 2.96. The van der Waals surface area contributed by atoms with Crippen LogP contribution in [0.5, 0.6) is 5.75 Å². The van der Waals surface area contributed by atoms with E-state index in [-0.39, 0.29) is 12.0 Å². The van der Waals surface area contributed by atoms with Crippen LogP contribution in [0.25, 0.3) is 0 Å². The monoisotopic (exact) mass is 382 g/mol. The maximum Gasteiger partial charge on any atom is 0.338 e. The van der Waals surface area contributed by atoms with E-state index < -0.39 is 0 Å². The van der Waals surface area contributed by atoms with Crippen molar-refractivity contribution in [2.24, 2.45) is 0 Å². The average molecular weight is 382 g/mol. The topological polar surface area (TPSA) is 50.8 Å². The van der Waals surface area contributed by atoms with E-state index >= 15 is 0 Å². The predicted octanol–water partition coefficient (Wildman–Crippen LogP) is 3.97. The van der Waals surface area contributed by atoms with Crippen molar-refractivity contribution in [2.45, 2.75) is 19.9 Å². The van der Waals surface area contributed by atoms with Gasteiger partial charge in [0, 0.05) is 5.70 Å². The molecule has 1 N–H and O–H groups in total. The van der Waals surface area contributed by atoms with Crippen molar-refractivity contribution >= 4 is 29.0 Å². The number of methoxy groups -OCH3 is 1. The molecule has 0 aliphatic carbocycles. The zero-order valence-corrected chi connectivity index (χ0v) is 16.4. The fraction of sp³-hybridized carbons (Fsp3) is 0.238. The first-order valence-electron chi connectivity index (χ1n) is 8.75. The molecule has 0 bridgehead atoms. The number of ether oxygens (including phenoxy) is 2. The van der Waals surface area contributed by atoms with Gasteiger partial charge in [-0.25, -0.2) is 4.79 Å². The highest BCUT2D eigenvalue weighted by Gasteiger charge is 2.36. The van der Waals surface area contributed by atoms with Crippen LogP contribution in [0.2, 0.25) is 0 Å². The van der Waals surface area contributed by atoms with Crippen LogP contribution in [0.4, 0.5) is 5.69 Å². The largest absolute Gasteiger partial charge is 0.495 e. The minimum atomic E-state index is -0.372. The van der Waals surface area contributed by atoms with E-state index in [1.807, 2.05) is 66.4 Å². The third-order valence-electron chi connectivity index (χ3n) is 4.44. The van der Waals surface area contributed by atoms with Crippen LogP contribution < -0.4 is 15.0 Å². The van der Waals surface area contributed by atoms with Crippen LogP contribution in [0.15, 0.2) is 65.9 Å². The van der Waals surface area contributed by atoms with E-state index in [0.717, 1.165) is 16.9 Å². The molecule has 0 aromatic heterocycles. The second-order valence-electron chi connectivity index (χ2n) is 6.02. The van der Waals surface area contributed by atoms with Crippen LogP contribution in [0.1, 0.15) is 25.5 Å². The van der Waals surface area contributed by atoms with Gasteiger partial charge in [0.2, 0.25) is 0 Å². The number of carbonyl (C=O) groups excluding carboxylic acids is 1. The molecule has 140 valence electrons. The van der Waals surface area contributed by atoms with Gasteiger partial charge < -0.3 is 14.8 Å². The highest BCUT2D eigenvalue weighted by atomic mass is 32.1. The first-order valence-corrected chi connectivity index (χ1v) is 9.15. The molecule has 0 radical (unpaired) electrons. The number of nitrogens with zero attached hydrogens (tertiary/aromatic N) is 1. The van der Waals surface area contributed by atoms with Gasteiger partial charge in [-0.2, -0.15) is 0 Å². The fourth-order valence-corrected chi connectivity index (χ4v) is 3.57. The molecule has 3 rings (SSSR count). The summed E-state index contributed by atoms with van der Waals surface area (Å²) >= 11 is 5.65. The van der Waals surface area contributed by atoms with Gasteiger partial charge >= 0.3 is 5.97 Å². The molecule has 2 aromatic rings. The van der Waals surface area contributed by atoms with E-state index in [1.54, 1.807) is 14.0 Å². The zero-order chi connectivity index (χ0) is 19.4. The van der Waals surface area contributed by atoms with Gasteiger partial charge in [0.1, 0.15) is 5.75 Å². The molecule has 2 aromatic carbocycles. The standard InChI is InChI=1S/C21H22N2O3S/c1-4-26-20(24)18-14(2)23(16-12-8-9-13-17(16)25-3)21(27)22-19(18)15-10-6-5-7-11-15/h5-13,19H,4H2,1-3H3,(H,22,27)/t19-/m0/s1. The van der Waals surface area contributed by atoms with Crippen LogP contribution in [-0.2, 0) is 9.53 Å². The lowest BCUT2D eigenvalue weighted by molar-refractivity contribution is -0.139. The summed E-state index contributed by atoms with van der Waals surface area (Å²) in [6.45, 7) is 3.97. The number of esters is 1. The number of rotatable bonds is 5. The Labute approximate surface area is 164 Å². The van der Waals surface area contributed by atoms with Crippen molar-refractivity contribution in [2.75, 3.05) is 18.6 Å². The maximum atomic E-state index is 12.8. The molecule has 1 heterocycles. The van der Waals surface area contributed by atoms with E-state index in [0.29, 0.717) is 23.0 Å². The smallest absolute Gasteiger partial charge is 0.338 e. The predicted molar refractivity (Wildman–Crippen MR) is 110 cm³/mol. The van der Waals surface area contributed by atoms with Gasteiger partial charge in [-0.3, -0.25) is 4.90 Å². The molecule has 1 aliphatic rings. The lowest BCUT2D eigenvalue weighted by atomic mass is 9.95. The normalized spacial score (nSPS) is 16.8. The highest BCUT2D eigenvalue weighted by molar-refractivity contribution is 7.80. The van der Waals surface area contributed by atoms with Crippen molar-refractivity contribution in [3.05, 3.63) is 71.4 Å². The summed E-state index contributed by atoms with van der Waals surface area (Å²) in [6, 6.07) is 16.9. The summed E-state index contributed by atoms with van der Waals surface area (Å²) in [6.07, 6.45) is 0. The van der Waals surface area contributed by atoms with Crippen molar-refractivity contribution < 1.29 is 14.3 Å². The number of benzene rings is 2. The first kappa shape index (κ1) is 18.9. The van der Waals surface area contributed by atoms with Crippen molar-refractivity contribution in [3.8, 4) is 5.75 Å². The number of nitrogens with one attached hydrogen (secondary N) is 1. The van der Waals surface area contributed by atoms with Gasteiger partial charge in [0.25, 0.3) is 0 Å². The summed E-state index contributed by atoms with van der Waals surface area (Å²) < 4.78 is 10.8. The Kier molecular flexibility index (Phi) is 5.76. The zero-order valence-electron chi connectivity index (χ0n) is 15.6. The molecule has 0 amide bonds.